The molecule has 0 heterocycles. The average molecular weight is 337 g/mol. The van der Waals surface area contributed by atoms with E-state index in [9.17, 15) is 9.50 Å². The summed E-state index contributed by atoms with van der Waals surface area (Å²) < 4.78 is 13.8. The van der Waals surface area contributed by atoms with Crippen LogP contribution in [0.4, 0.5) is 4.39 Å². The van der Waals surface area contributed by atoms with Crippen molar-refractivity contribution in [2.24, 2.45) is 0 Å². The second-order valence-corrected chi connectivity index (χ2v) is 6.10. The van der Waals surface area contributed by atoms with Gasteiger partial charge in [-0.3, -0.25) is 0 Å². The van der Waals surface area contributed by atoms with Crippen molar-refractivity contribution in [3.05, 3.63) is 67.9 Å². The molecule has 0 saturated heterocycles. The Labute approximate surface area is 127 Å². The molecule has 0 aliphatic carbocycles. The molecule has 1 N–H and O–H groups in total. The fraction of sp³-hybridized carbons (Fsp3) is 0.294. The third-order valence-corrected chi connectivity index (χ3v) is 4.64. The van der Waals surface area contributed by atoms with Gasteiger partial charge < -0.3 is 5.11 Å². The summed E-state index contributed by atoms with van der Waals surface area (Å²) in [6.45, 7) is 8.10. The molecule has 3 heteroatoms. The van der Waals surface area contributed by atoms with Gasteiger partial charge in [0.2, 0.25) is 0 Å². The first-order valence-corrected chi connectivity index (χ1v) is 7.32. The molecule has 2 aromatic rings. The van der Waals surface area contributed by atoms with Gasteiger partial charge in [0.05, 0.1) is 0 Å². The monoisotopic (exact) mass is 336 g/mol. The zero-order valence-electron chi connectivity index (χ0n) is 12.1. The van der Waals surface area contributed by atoms with Gasteiger partial charge in [-0.1, -0.05) is 28.1 Å². The molecule has 0 amide bonds. The van der Waals surface area contributed by atoms with Gasteiger partial charge in [0.1, 0.15) is 11.9 Å². The van der Waals surface area contributed by atoms with Crippen LogP contribution in [0, 0.1) is 33.5 Å². The Kier molecular flexibility index (Phi) is 4.31. The van der Waals surface area contributed by atoms with E-state index in [-0.39, 0.29) is 5.82 Å². The highest BCUT2D eigenvalue weighted by Gasteiger charge is 2.20. The molecule has 2 aromatic carbocycles. The number of aliphatic hydroxyl groups is 1. The second kappa shape index (κ2) is 5.66. The highest BCUT2D eigenvalue weighted by molar-refractivity contribution is 9.10. The Morgan fingerprint density at radius 3 is 2.05 bits per heavy atom. The van der Waals surface area contributed by atoms with Gasteiger partial charge in [0.15, 0.2) is 0 Å². The van der Waals surface area contributed by atoms with Crippen LogP contribution in [0.5, 0.6) is 0 Å². The first-order chi connectivity index (χ1) is 9.32. The summed E-state index contributed by atoms with van der Waals surface area (Å²) in [5.74, 6) is -0.318. The summed E-state index contributed by atoms with van der Waals surface area (Å²) in [7, 11) is 0. The molecule has 106 valence electrons. The van der Waals surface area contributed by atoms with Gasteiger partial charge in [-0.2, -0.15) is 0 Å². The van der Waals surface area contributed by atoms with E-state index in [0.717, 1.165) is 27.8 Å². The molecular formula is C17H18BrFO. The van der Waals surface area contributed by atoms with Gasteiger partial charge >= 0.3 is 0 Å². The van der Waals surface area contributed by atoms with Crippen LogP contribution in [0.3, 0.4) is 0 Å². The van der Waals surface area contributed by atoms with Crippen molar-refractivity contribution >= 4 is 15.9 Å². The van der Waals surface area contributed by atoms with Crippen molar-refractivity contribution < 1.29 is 9.50 Å². The molecular weight excluding hydrogens is 319 g/mol. The molecule has 20 heavy (non-hydrogen) atoms. The summed E-state index contributed by atoms with van der Waals surface area (Å²) in [5, 5.41) is 10.7. The van der Waals surface area contributed by atoms with E-state index >= 15 is 0 Å². The third kappa shape index (κ3) is 2.65. The minimum absolute atomic E-state index is 0.318. The van der Waals surface area contributed by atoms with Crippen LogP contribution >= 0.6 is 15.9 Å². The molecule has 0 aromatic heterocycles. The SMILES string of the molecule is Cc1cc(C)c(C)c(C(O)c2ccc(F)cc2Br)c1C. The predicted octanol–water partition coefficient (Wildman–Crippen LogP) is 4.90. The zero-order valence-corrected chi connectivity index (χ0v) is 13.7. The summed E-state index contributed by atoms with van der Waals surface area (Å²) in [4.78, 5) is 0. The molecule has 0 aliphatic heterocycles. The maximum absolute atomic E-state index is 13.2. The van der Waals surface area contributed by atoms with Crippen LogP contribution in [0.25, 0.3) is 0 Å². The highest BCUT2D eigenvalue weighted by Crippen LogP contribution is 2.34. The lowest BCUT2D eigenvalue weighted by Crippen LogP contribution is -2.08. The Bertz CT molecular complexity index is 638. The fourth-order valence-electron chi connectivity index (χ4n) is 2.54. The quantitative estimate of drug-likeness (QED) is 0.826. The molecule has 1 atom stereocenters. The Balaban J connectivity index is 2.62. The lowest BCUT2D eigenvalue weighted by molar-refractivity contribution is 0.217. The van der Waals surface area contributed by atoms with Gasteiger partial charge in [-0.05, 0) is 73.2 Å². The molecule has 1 nitrogen and oxygen atoms in total. The van der Waals surface area contributed by atoms with E-state index < -0.39 is 6.10 Å². The van der Waals surface area contributed by atoms with Crippen molar-refractivity contribution in [3.63, 3.8) is 0 Å². The predicted molar refractivity (Wildman–Crippen MR) is 83.6 cm³/mol. The van der Waals surface area contributed by atoms with Crippen LogP contribution in [-0.4, -0.2) is 5.11 Å². The van der Waals surface area contributed by atoms with E-state index in [4.69, 9.17) is 0 Å². The summed E-state index contributed by atoms with van der Waals surface area (Å²) in [6, 6.07) is 6.50. The maximum Gasteiger partial charge on any atom is 0.124 e. The molecule has 0 saturated carbocycles. The maximum atomic E-state index is 13.2. The van der Waals surface area contributed by atoms with Crippen molar-refractivity contribution in [1.82, 2.24) is 0 Å². The molecule has 2 rings (SSSR count). The number of aryl methyl sites for hydroxylation is 2. The van der Waals surface area contributed by atoms with Crippen molar-refractivity contribution in [1.29, 1.82) is 0 Å². The van der Waals surface area contributed by atoms with E-state index in [1.165, 1.54) is 12.1 Å². The molecule has 0 aliphatic rings. The van der Waals surface area contributed by atoms with Gasteiger partial charge in [0.25, 0.3) is 0 Å². The molecule has 0 spiro atoms. The molecule has 0 fully saturated rings. The number of benzene rings is 2. The summed E-state index contributed by atoms with van der Waals surface area (Å²) in [6.07, 6.45) is -0.761. The third-order valence-electron chi connectivity index (χ3n) is 3.95. The fourth-order valence-corrected chi connectivity index (χ4v) is 3.10. The van der Waals surface area contributed by atoms with E-state index in [2.05, 4.69) is 22.0 Å². The minimum Gasteiger partial charge on any atom is -0.384 e. The largest absolute Gasteiger partial charge is 0.384 e. The lowest BCUT2D eigenvalue weighted by Gasteiger charge is -2.21. The second-order valence-electron chi connectivity index (χ2n) is 5.24. The average Bonchev–Trinajstić information content (AvgIpc) is 2.36. The number of hydrogen-bond acceptors (Lipinski definition) is 1. The van der Waals surface area contributed by atoms with Crippen LogP contribution in [-0.2, 0) is 0 Å². The van der Waals surface area contributed by atoms with E-state index in [0.29, 0.717) is 10.0 Å². The number of halogens is 2. The number of rotatable bonds is 2. The van der Waals surface area contributed by atoms with Crippen molar-refractivity contribution in [3.8, 4) is 0 Å². The van der Waals surface area contributed by atoms with Crippen molar-refractivity contribution in [2.45, 2.75) is 33.8 Å². The summed E-state index contributed by atoms with van der Waals surface area (Å²) in [5.41, 5.74) is 6.06. The highest BCUT2D eigenvalue weighted by atomic mass is 79.9. The van der Waals surface area contributed by atoms with Crippen LogP contribution in [0.2, 0.25) is 0 Å². The lowest BCUT2D eigenvalue weighted by atomic mass is 9.88. The normalized spacial score (nSPS) is 12.6. The Morgan fingerprint density at radius 2 is 1.55 bits per heavy atom. The standard InChI is InChI=1S/C17H18BrFO/c1-9-7-10(2)12(4)16(11(9)3)17(20)14-6-5-13(19)8-15(14)18/h5-8,17,20H,1-4H3. The number of aliphatic hydroxyl groups excluding tert-OH is 1. The molecule has 1 unspecified atom stereocenters. The zero-order chi connectivity index (χ0) is 15.0. The minimum atomic E-state index is -0.761. The van der Waals surface area contributed by atoms with Gasteiger partial charge in [-0.15, -0.1) is 0 Å². The Morgan fingerprint density at radius 1 is 1.00 bits per heavy atom. The van der Waals surface area contributed by atoms with Crippen LogP contribution < -0.4 is 0 Å². The van der Waals surface area contributed by atoms with E-state index in [1.807, 2.05) is 27.7 Å². The summed E-state index contributed by atoms with van der Waals surface area (Å²) >= 11 is 3.33. The van der Waals surface area contributed by atoms with Gasteiger partial charge in [-0.25, -0.2) is 4.39 Å². The van der Waals surface area contributed by atoms with Crippen LogP contribution in [0.1, 0.15) is 39.5 Å². The topological polar surface area (TPSA) is 20.2 Å². The van der Waals surface area contributed by atoms with Crippen molar-refractivity contribution in [2.75, 3.05) is 0 Å². The van der Waals surface area contributed by atoms with Gasteiger partial charge in [0, 0.05) is 4.47 Å². The molecule has 0 radical (unpaired) electrons. The first-order valence-electron chi connectivity index (χ1n) is 6.53. The smallest absolute Gasteiger partial charge is 0.124 e. The van der Waals surface area contributed by atoms with E-state index in [1.54, 1.807) is 6.07 Å². The Hall–Kier alpha value is -1.19. The van der Waals surface area contributed by atoms with Crippen LogP contribution in [0.15, 0.2) is 28.7 Å². The molecule has 0 bridgehead atoms. The number of hydrogen-bond donors (Lipinski definition) is 1. The first kappa shape index (κ1) is 15.2.